The summed E-state index contributed by atoms with van der Waals surface area (Å²) in [5, 5.41) is 5.95. The van der Waals surface area contributed by atoms with Crippen LogP contribution >= 0.6 is 24.0 Å². The number of anilines is 1. The van der Waals surface area contributed by atoms with Gasteiger partial charge < -0.3 is 20.4 Å². The van der Waals surface area contributed by atoms with Gasteiger partial charge in [-0.25, -0.2) is 4.99 Å². The monoisotopic (exact) mass is 502 g/mol. The van der Waals surface area contributed by atoms with Crippen molar-refractivity contribution in [2.24, 2.45) is 4.99 Å². The molecule has 1 aliphatic heterocycles. The molecule has 0 aromatic carbocycles. The van der Waals surface area contributed by atoms with Crippen molar-refractivity contribution >= 4 is 47.4 Å². The molecule has 0 aliphatic carbocycles. The third-order valence-electron chi connectivity index (χ3n) is 4.29. The predicted octanol–water partition coefficient (Wildman–Crippen LogP) is 1.93. The Kier molecular flexibility index (Phi) is 9.12. The van der Waals surface area contributed by atoms with Crippen LogP contribution < -0.4 is 10.6 Å². The molecule has 0 radical (unpaired) electrons. The summed E-state index contributed by atoms with van der Waals surface area (Å²) < 4.78 is 0. The molecule has 28 heavy (non-hydrogen) atoms. The van der Waals surface area contributed by atoms with Gasteiger partial charge in [-0.15, -0.1) is 24.0 Å². The van der Waals surface area contributed by atoms with Gasteiger partial charge in [0.15, 0.2) is 5.96 Å². The highest BCUT2D eigenvalue weighted by atomic mass is 127. The highest BCUT2D eigenvalue weighted by molar-refractivity contribution is 14.0. The first-order valence-corrected chi connectivity index (χ1v) is 9.30. The molecule has 2 amide bonds. The Labute approximate surface area is 184 Å². The smallest absolute Gasteiger partial charge is 0.246 e. The number of aromatic nitrogens is 1. The van der Waals surface area contributed by atoms with Gasteiger partial charge in [-0.1, -0.05) is 0 Å². The van der Waals surface area contributed by atoms with E-state index in [4.69, 9.17) is 0 Å². The van der Waals surface area contributed by atoms with E-state index in [0.717, 1.165) is 0 Å². The molecule has 2 N–H and O–H groups in total. The average Bonchev–Trinajstić information content (AvgIpc) is 2.57. The summed E-state index contributed by atoms with van der Waals surface area (Å²) in [4.78, 5) is 37.1. The molecule has 0 bridgehead atoms. The highest BCUT2D eigenvalue weighted by Gasteiger charge is 2.40. The zero-order valence-electron chi connectivity index (χ0n) is 17.2. The number of rotatable bonds is 5. The second-order valence-corrected chi connectivity index (χ2v) is 7.49. The first-order valence-electron chi connectivity index (χ1n) is 9.30. The summed E-state index contributed by atoms with van der Waals surface area (Å²) in [6.45, 7) is 11.6. The third kappa shape index (κ3) is 6.32. The second kappa shape index (κ2) is 10.6. The number of carbonyl (C=O) groups excluding carboxylic acids is 2. The lowest BCUT2D eigenvalue weighted by Crippen LogP contribution is -2.66. The number of pyridine rings is 1. The summed E-state index contributed by atoms with van der Waals surface area (Å²) in [7, 11) is 0. The number of aliphatic imine (C=N–C) groups is 1. The Hall–Kier alpha value is -1.91. The first-order chi connectivity index (χ1) is 12.7. The molecule has 2 heterocycles. The lowest BCUT2D eigenvalue weighted by molar-refractivity contribution is -0.145. The van der Waals surface area contributed by atoms with E-state index in [1.807, 2.05) is 30.6 Å². The summed E-state index contributed by atoms with van der Waals surface area (Å²) >= 11 is 0. The number of nitrogens with zero attached hydrogens (tertiary/aromatic N) is 4. The van der Waals surface area contributed by atoms with Crippen LogP contribution in [0.5, 0.6) is 0 Å². The van der Waals surface area contributed by atoms with Crippen LogP contribution in [-0.2, 0) is 9.59 Å². The fourth-order valence-electron chi connectivity index (χ4n) is 3.52. The Morgan fingerprint density at radius 2 is 2.11 bits per heavy atom. The molecule has 9 heteroatoms. The Morgan fingerprint density at radius 3 is 2.64 bits per heavy atom. The third-order valence-corrected chi connectivity index (χ3v) is 4.29. The maximum Gasteiger partial charge on any atom is 0.246 e. The van der Waals surface area contributed by atoms with Gasteiger partial charge in [0, 0.05) is 25.3 Å². The van der Waals surface area contributed by atoms with Gasteiger partial charge in [-0.3, -0.25) is 14.6 Å². The van der Waals surface area contributed by atoms with Crippen LogP contribution in [0.3, 0.4) is 0 Å². The molecule has 156 valence electrons. The van der Waals surface area contributed by atoms with Crippen molar-refractivity contribution < 1.29 is 9.59 Å². The summed E-state index contributed by atoms with van der Waals surface area (Å²) in [6.07, 6.45) is 3.23. The van der Waals surface area contributed by atoms with Crippen LogP contribution in [0, 0.1) is 0 Å². The molecule has 0 saturated carbocycles. The number of piperazine rings is 1. The minimum Gasteiger partial charge on any atom is -0.356 e. The number of carbonyl (C=O) groups is 2. The fourth-order valence-corrected chi connectivity index (χ4v) is 3.52. The quantitative estimate of drug-likeness (QED) is 0.365. The number of amides is 2. The number of hydrogen-bond acceptors (Lipinski definition) is 4. The van der Waals surface area contributed by atoms with Crippen molar-refractivity contribution in [1.82, 2.24) is 20.1 Å². The molecule has 1 aliphatic rings. The van der Waals surface area contributed by atoms with Gasteiger partial charge in [-0.2, -0.15) is 0 Å². The topological polar surface area (TPSA) is 89.9 Å². The molecule has 1 saturated heterocycles. The molecular weight excluding hydrogens is 471 g/mol. The molecule has 1 aromatic heterocycles. The van der Waals surface area contributed by atoms with Crippen molar-refractivity contribution in [3.8, 4) is 0 Å². The van der Waals surface area contributed by atoms with Crippen molar-refractivity contribution in [1.29, 1.82) is 0 Å². The molecule has 0 atom stereocenters. The molecule has 0 spiro atoms. The van der Waals surface area contributed by atoms with E-state index < -0.39 is 0 Å². The normalized spacial score (nSPS) is 16.6. The van der Waals surface area contributed by atoms with E-state index in [1.54, 1.807) is 24.5 Å². The van der Waals surface area contributed by atoms with E-state index >= 15 is 0 Å². The van der Waals surface area contributed by atoms with Gasteiger partial charge in [0.1, 0.15) is 6.54 Å². The zero-order valence-corrected chi connectivity index (χ0v) is 19.6. The minimum absolute atomic E-state index is 0. The van der Waals surface area contributed by atoms with Gasteiger partial charge in [-0.05, 0) is 46.8 Å². The van der Waals surface area contributed by atoms with Crippen LogP contribution in [0.1, 0.15) is 34.6 Å². The molecule has 1 aromatic rings. The van der Waals surface area contributed by atoms with E-state index in [-0.39, 0.29) is 60.5 Å². The molecule has 0 unspecified atom stereocenters. The van der Waals surface area contributed by atoms with Gasteiger partial charge in [0.25, 0.3) is 0 Å². The number of halogens is 1. The number of nitrogens with one attached hydrogen (secondary N) is 2. The molecule has 1 fully saturated rings. The average molecular weight is 502 g/mol. The van der Waals surface area contributed by atoms with Crippen LogP contribution in [-0.4, -0.2) is 70.3 Å². The Balaban J connectivity index is 0.00000392. The SMILES string of the molecule is CCNC(=NCC(=O)Nc1cccnc1)N1CC(=O)N(C(C)C)C(C)(C)C1.I. The van der Waals surface area contributed by atoms with Crippen molar-refractivity contribution in [2.75, 3.05) is 31.5 Å². The largest absolute Gasteiger partial charge is 0.356 e. The molecular formula is C19H31IN6O2. The summed E-state index contributed by atoms with van der Waals surface area (Å²) in [5.41, 5.74) is 0.307. The van der Waals surface area contributed by atoms with Gasteiger partial charge in [0.05, 0.1) is 24.0 Å². The number of guanidine groups is 1. The van der Waals surface area contributed by atoms with E-state index in [9.17, 15) is 9.59 Å². The van der Waals surface area contributed by atoms with Crippen LogP contribution in [0.15, 0.2) is 29.5 Å². The van der Waals surface area contributed by atoms with Crippen molar-refractivity contribution in [3.63, 3.8) is 0 Å². The van der Waals surface area contributed by atoms with E-state index in [2.05, 4.69) is 34.5 Å². The first kappa shape index (κ1) is 24.1. The van der Waals surface area contributed by atoms with Crippen LogP contribution in [0.2, 0.25) is 0 Å². The maximum absolute atomic E-state index is 12.7. The standard InChI is InChI=1S/C19H30N6O2.HI/c1-6-21-18(22-11-16(26)23-15-8-7-9-20-10-15)24-12-17(27)25(14(2)3)19(4,5)13-24;/h7-10,14H,6,11-13H2,1-5H3,(H,21,22)(H,23,26);1H. The number of hydrogen-bond donors (Lipinski definition) is 2. The Morgan fingerprint density at radius 1 is 1.39 bits per heavy atom. The summed E-state index contributed by atoms with van der Waals surface area (Å²) in [6, 6.07) is 3.66. The van der Waals surface area contributed by atoms with Crippen LogP contribution in [0.4, 0.5) is 5.69 Å². The van der Waals surface area contributed by atoms with Crippen LogP contribution in [0.25, 0.3) is 0 Å². The minimum atomic E-state index is -0.322. The predicted molar refractivity (Wildman–Crippen MR) is 122 cm³/mol. The zero-order chi connectivity index (χ0) is 20.0. The second-order valence-electron chi connectivity index (χ2n) is 7.49. The Bertz CT molecular complexity index is 693. The lowest BCUT2D eigenvalue weighted by atomic mass is 9.96. The lowest BCUT2D eigenvalue weighted by Gasteiger charge is -2.49. The fraction of sp³-hybridized carbons (Fsp3) is 0.579. The molecule has 8 nitrogen and oxygen atoms in total. The van der Waals surface area contributed by atoms with E-state index in [1.165, 1.54) is 0 Å². The van der Waals surface area contributed by atoms with Crippen molar-refractivity contribution in [3.05, 3.63) is 24.5 Å². The highest BCUT2D eigenvalue weighted by Crippen LogP contribution is 2.24. The summed E-state index contributed by atoms with van der Waals surface area (Å²) in [5.74, 6) is 0.403. The van der Waals surface area contributed by atoms with E-state index in [0.29, 0.717) is 24.7 Å². The maximum atomic E-state index is 12.7. The van der Waals surface area contributed by atoms with Gasteiger partial charge >= 0.3 is 0 Å². The van der Waals surface area contributed by atoms with Gasteiger partial charge in [0.2, 0.25) is 11.8 Å². The molecule has 2 rings (SSSR count). The van der Waals surface area contributed by atoms with Crippen molar-refractivity contribution in [2.45, 2.75) is 46.2 Å².